The third-order valence-electron chi connectivity index (χ3n) is 3.27. The minimum atomic E-state index is -3.09. The summed E-state index contributed by atoms with van der Waals surface area (Å²) in [4.78, 5) is 10.2. The first-order valence-electron chi connectivity index (χ1n) is 7.55. The van der Waals surface area contributed by atoms with E-state index in [0.717, 1.165) is 6.07 Å². The lowest BCUT2D eigenvalue weighted by molar-refractivity contribution is 0.107. The second-order valence-electron chi connectivity index (χ2n) is 5.00. The van der Waals surface area contributed by atoms with Crippen molar-refractivity contribution in [1.29, 1.82) is 0 Å². The first-order valence-corrected chi connectivity index (χ1v) is 9.52. The molecule has 3 nitrogen and oxygen atoms in total. The van der Waals surface area contributed by atoms with Crippen LogP contribution in [0.3, 0.4) is 0 Å². The number of hydrogen-bond donors (Lipinski definition) is 1. The van der Waals surface area contributed by atoms with Crippen LogP contribution >= 0.6 is 0 Å². The third kappa shape index (κ3) is 6.08. The number of halogens is 3. The maximum Gasteiger partial charge on any atom is 0.498 e. The fraction of sp³-hybridized carbons (Fsp3) is 0.600. The standard InChI is InChI=1S/C15H23F3O3Si/c1-3-20-22(19,21-4-2)9-7-5-6-8-12-10-14(17)15(18)11-13(12)16/h10-11,19H,3-9H2,1-2H3. The smallest absolute Gasteiger partial charge is 0.390 e. The first kappa shape index (κ1) is 19.2. The number of hydrogen-bond acceptors (Lipinski definition) is 3. The van der Waals surface area contributed by atoms with Gasteiger partial charge < -0.3 is 13.6 Å². The molecule has 0 heterocycles. The first-order chi connectivity index (χ1) is 10.4. The lowest BCUT2D eigenvalue weighted by Gasteiger charge is -2.22. The van der Waals surface area contributed by atoms with Gasteiger partial charge in [0.25, 0.3) is 0 Å². The summed E-state index contributed by atoms with van der Waals surface area (Å²) in [7, 11) is -3.09. The number of unbranched alkanes of at least 4 members (excludes halogenated alkanes) is 2. The normalized spacial score (nSPS) is 11.9. The van der Waals surface area contributed by atoms with Crippen molar-refractivity contribution >= 4 is 8.80 Å². The Hall–Kier alpha value is -0.893. The Morgan fingerprint density at radius 3 is 2.09 bits per heavy atom. The number of benzene rings is 1. The highest BCUT2D eigenvalue weighted by Gasteiger charge is 2.35. The zero-order chi connectivity index (χ0) is 16.6. The Kier molecular flexibility index (Phi) is 8.09. The predicted octanol–water partition coefficient (Wildman–Crippen LogP) is 3.82. The Morgan fingerprint density at radius 2 is 1.50 bits per heavy atom. The second-order valence-corrected chi connectivity index (χ2v) is 7.50. The van der Waals surface area contributed by atoms with Crippen LogP contribution in [0.1, 0.15) is 38.7 Å². The van der Waals surface area contributed by atoms with Crippen LogP contribution in [-0.2, 0) is 15.3 Å². The molecule has 126 valence electrons. The van der Waals surface area contributed by atoms with Crippen molar-refractivity contribution in [3.8, 4) is 0 Å². The minimum Gasteiger partial charge on any atom is -0.390 e. The minimum absolute atomic E-state index is 0.168. The molecule has 0 saturated heterocycles. The molecule has 0 amide bonds. The van der Waals surface area contributed by atoms with Gasteiger partial charge in [0.1, 0.15) is 5.82 Å². The molecule has 1 N–H and O–H groups in total. The molecular weight excluding hydrogens is 313 g/mol. The Morgan fingerprint density at radius 1 is 0.909 bits per heavy atom. The Labute approximate surface area is 130 Å². The largest absolute Gasteiger partial charge is 0.498 e. The summed E-state index contributed by atoms with van der Waals surface area (Å²) in [6.07, 6.45) is 2.33. The third-order valence-corrected chi connectivity index (χ3v) is 5.73. The van der Waals surface area contributed by atoms with E-state index < -0.39 is 26.3 Å². The summed E-state index contributed by atoms with van der Waals surface area (Å²) in [5.41, 5.74) is 0.168. The van der Waals surface area contributed by atoms with Crippen LogP contribution in [0.25, 0.3) is 0 Å². The van der Waals surface area contributed by atoms with E-state index in [0.29, 0.717) is 51.0 Å². The van der Waals surface area contributed by atoms with Crippen molar-refractivity contribution < 1.29 is 26.8 Å². The molecule has 0 aliphatic rings. The number of rotatable bonds is 10. The molecule has 22 heavy (non-hydrogen) atoms. The summed E-state index contributed by atoms with van der Waals surface area (Å²) in [6, 6.07) is 1.91. The molecule has 0 aliphatic heterocycles. The molecule has 0 aromatic heterocycles. The van der Waals surface area contributed by atoms with Gasteiger partial charge in [0, 0.05) is 25.3 Å². The van der Waals surface area contributed by atoms with E-state index in [1.165, 1.54) is 0 Å². The quantitative estimate of drug-likeness (QED) is 0.401. The topological polar surface area (TPSA) is 38.7 Å². The van der Waals surface area contributed by atoms with Gasteiger partial charge in [0.05, 0.1) is 0 Å². The fourth-order valence-corrected chi connectivity index (χ4v) is 4.20. The summed E-state index contributed by atoms with van der Waals surface area (Å²) < 4.78 is 49.9. The van der Waals surface area contributed by atoms with Crippen LogP contribution in [0.4, 0.5) is 13.2 Å². The zero-order valence-electron chi connectivity index (χ0n) is 13.0. The lowest BCUT2D eigenvalue weighted by atomic mass is 10.1. The average Bonchev–Trinajstić information content (AvgIpc) is 2.44. The molecule has 0 fully saturated rings. The van der Waals surface area contributed by atoms with Crippen molar-refractivity contribution in [3.05, 3.63) is 35.1 Å². The maximum absolute atomic E-state index is 13.4. The van der Waals surface area contributed by atoms with Crippen LogP contribution in [0.15, 0.2) is 12.1 Å². The van der Waals surface area contributed by atoms with Crippen molar-refractivity contribution in [1.82, 2.24) is 0 Å². The highest BCUT2D eigenvalue weighted by Crippen LogP contribution is 2.19. The van der Waals surface area contributed by atoms with Gasteiger partial charge in [-0.1, -0.05) is 6.42 Å². The zero-order valence-corrected chi connectivity index (χ0v) is 14.0. The summed E-state index contributed by atoms with van der Waals surface area (Å²) in [5, 5.41) is 0. The Balaban J connectivity index is 2.37. The van der Waals surface area contributed by atoms with Crippen LogP contribution in [0.5, 0.6) is 0 Å². The van der Waals surface area contributed by atoms with Crippen LogP contribution in [-0.4, -0.2) is 26.8 Å². The predicted molar refractivity (Wildman–Crippen MR) is 79.9 cm³/mol. The van der Waals surface area contributed by atoms with Crippen LogP contribution < -0.4 is 0 Å². The fourth-order valence-electron chi connectivity index (χ4n) is 2.23. The van der Waals surface area contributed by atoms with E-state index in [2.05, 4.69) is 0 Å². The van der Waals surface area contributed by atoms with Gasteiger partial charge in [-0.05, 0) is 44.7 Å². The maximum atomic E-state index is 13.4. The number of aryl methyl sites for hydroxylation is 1. The van der Waals surface area contributed by atoms with Gasteiger partial charge in [0.2, 0.25) is 0 Å². The molecule has 0 saturated carbocycles. The lowest BCUT2D eigenvalue weighted by Crippen LogP contribution is -2.42. The van der Waals surface area contributed by atoms with Gasteiger partial charge in [-0.15, -0.1) is 0 Å². The summed E-state index contributed by atoms with van der Waals surface area (Å²) in [6.45, 7) is 4.37. The van der Waals surface area contributed by atoms with Crippen LogP contribution in [0.2, 0.25) is 6.04 Å². The highest BCUT2D eigenvalue weighted by atomic mass is 28.4. The van der Waals surface area contributed by atoms with Crippen molar-refractivity contribution in [3.63, 3.8) is 0 Å². The highest BCUT2D eigenvalue weighted by molar-refractivity contribution is 6.59. The molecule has 0 spiro atoms. The van der Waals surface area contributed by atoms with Gasteiger partial charge in [0.15, 0.2) is 11.6 Å². The molecule has 1 rings (SSSR count). The molecule has 1 aromatic rings. The van der Waals surface area contributed by atoms with Gasteiger partial charge in [-0.3, -0.25) is 0 Å². The SMILES string of the molecule is CCO[Si](O)(CCCCCc1cc(F)c(F)cc1F)OCC. The summed E-state index contributed by atoms with van der Waals surface area (Å²) in [5.74, 6) is -2.94. The van der Waals surface area contributed by atoms with Gasteiger partial charge in [-0.2, -0.15) is 0 Å². The Bertz CT molecular complexity index is 466. The van der Waals surface area contributed by atoms with Crippen molar-refractivity contribution in [2.75, 3.05) is 13.2 Å². The molecular formula is C15H23F3O3Si. The van der Waals surface area contributed by atoms with E-state index in [-0.39, 0.29) is 5.56 Å². The van der Waals surface area contributed by atoms with Gasteiger partial charge >= 0.3 is 8.80 Å². The molecule has 1 aromatic carbocycles. The van der Waals surface area contributed by atoms with E-state index in [4.69, 9.17) is 8.85 Å². The van der Waals surface area contributed by atoms with E-state index in [9.17, 15) is 18.0 Å². The molecule has 0 atom stereocenters. The monoisotopic (exact) mass is 336 g/mol. The van der Waals surface area contributed by atoms with Crippen molar-refractivity contribution in [2.24, 2.45) is 0 Å². The van der Waals surface area contributed by atoms with Crippen LogP contribution in [0, 0.1) is 17.5 Å². The summed E-state index contributed by atoms with van der Waals surface area (Å²) >= 11 is 0. The van der Waals surface area contributed by atoms with Gasteiger partial charge in [-0.25, -0.2) is 13.2 Å². The van der Waals surface area contributed by atoms with Crippen molar-refractivity contribution in [2.45, 2.75) is 45.6 Å². The second kappa shape index (κ2) is 9.29. The van der Waals surface area contributed by atoms with E-state index in [1.807, 2.05) is 0 Å². The molecule has 7 heteroatoms. The molecule has 0 aliphatic carbocycles. The van der Waals surface area contributed by atoms with E-state index in [1.54, 1.807) is 13.8 Å². The average molecular weight is 336 g/mol. The molecule has 0 bridgehead atoms. The molecule has 0 radical (unpaired) electrons. The molecule has 0 unspecified atom stereocenters. The van der Waals surface area contributed by atoms with E-state index >= 15 is 0 Å².